The number of aryl methyl sites for hydroxylation is 2. The molecule has 0 radical (unpaired) electrons. The van der Waals surface area contributed by atoms with Crippen LogP contribution in [0.4, 0.5) is 0 Å². The molecule has 1 amide bonds. The van der Waals surface area contributed by atoms with Crippen molar-refractivity contribution in [1.82, 2.24) is 20.1 Å². The van der Waals surface area contributed by atoms with Gasteiger partial charge in [-0.25, -0.2) is 0 Å². The first kappa shape index (κ1) is 15.3. The molecule has 5 heteroatoms. The second-order valence-corrected chi connectivity index (χ2v) is 5.96. The molecule has 3 rings (SSSR count). The lowest BCUT2D eigenvalue weighted by Gasteiger charge is -2.13. The number of benzene rings is 1. The molecule has 0 aliphatic rings. The number of H-pyrrole nitrogens is 1. The fourth-order valence-corrected chi connectivity index (χ4v) is 2.92. The first-order valence-corrected chi connectivity index (χ1v) is 7.89. The summed E-state index contributed by atoms with van der Waals surface area (Å²) in [6.45, 7) is 4.00. The Hall–Kier alpha value is -2.56. The molecule has 5 nitrogen and oxygen atoms in total. The van der Waals surface area contributed by atoms with Crippen molar-refractivity contribution in [3.63, 3.8) is 0 Å². The van der Waals surface area contributed by atoms with E-state index in [1.165, 1.54) is 10.9 Å². The van der Waals surface area contributed by atoms with E-state index in [2.05, 4.69) is 21.5 Å². The Kier molecular flexibility index (Phi) is 4.19. The predicted molar refractivity (Wildman–Crippen MR) is 91.1 cm³/mol. The van der Waals surface area contributed by atoms with Crippen LogP contribution in [0.1, 0.15) is 36.2 Å². The number of carbonyl (C=O) groups excluding carboxylic acids is 1. The number of amides is 1. The summed E-state index contributed by atoms with van der Waals surface area (Å²) in [4.78, 5) is 15.5. The van der Waals surface area contributed by atoms with Crippen LogP contribution in [0.25, 0.3) is 10.9 Å². The number of rotatable bonds is 5. The lowest BCUT2D eigenvalue weighted by Crippen LogP contribution is -2.27. The van der Waals surface area contributed by atoms with Gasteiger partial charge in [-0.3, -0.25) is 9.48 Å². The summed E-state index contributed by atoms with van der Waals surface area (Å²) in [6.07, 6.45) is 5.02. The Morgan fingerprint density at radius 1 is 1.39 bits per heavy atom. The third kappa shape index (κ3) is 3.13. The first-order valence-electron chi connectivity index (χ1n) is 7.89. The van der Waals surface area contributed by atoms with Crippen molar-refractivity contribution < 1.29 is 4.79 Å². The predicted octanol–water partition coefficient (Wildman–Crippen LogP) is 3.02. The summed E-state index contributed by atoms with van der Waals surface area (Å²) < 4.78 is 1.82. The molecule has 0 aliphatic heterocycles. The van der Waals surface area contributed by atoms with Gasteiger partial charge in [-0.2, -0.15) is 5.10 Å². The van der Waals surface area contributed by atoms with Gasteiger partial charge < -0.3 is 10.3 Å². The van der Waals surface area contributed by atoms with Crippen LogP contribution in [-0.4, -0.2) is 20.7 Å². The number of hydrogen-bond acceptors (Lipinski definition) is 2. The van der Waals surface area contributed by atoms with Gasteiger partial charge in [0, 0.05) is 41.8 Å². The van der Waals surface area contributed by atoms with E-state index >= 15 is 0 Å². The van der Waals surface area contributed by atoms with E-state index in [1.54, 1.807) is 0 Å². The number of nitrogens with zero attached hydrogens (tertiary/aromatic N) is 2. The maximum Gasteiger partial charge on any atom is 0.220 e. The van der Waals surface area contributed by atoms with Crippen LogP contribution in [0.2, 0.25) is 0 Å². The average molecular weight is 310 g/mol. The van der Waals surface area contributed by atoms with E-state index in [0.29, 0.717) is 6.42 Å². The van der Waals surface area contributed by atoms with Gasteiger partial charge in [0.2, 0.25) is 5.91 Å². The summed E-state index contributed by atoms with van der Waals surface area (Å²) in [7, 11) is 1.91. The molecule has 0 aliphatic carbocycles. The molecule has 0 saturated carbocycles. The molecule has 120 valence electrons. The number of aromatic amines is 1. The molecule has 2 heterocycles. The third-order valence-corrected chi connectivity index (χ3v) is 4.41. The van der Waals surface area contributed by atoms with Crippen LogP contribution in [0.15, 0.2) is 36.7 Å². The Morgan fingerprint density at radius 3 is 2.91 bits per heavy atom. The minimum Gasteiger partial charge on any atom is -0.361 e. The Bertz CT molecular complexity index is 831. The summed E-state index contributed by atoms with van der Waals surface area (Å²) in [5, 5.41) is 8.48. The highest BCUT2D eigenvalue weighted by Gasteiger charge is 2.15. The maximum atomic E-state index is 12.2. The van der Waals surface area contributed by atoms with Gasteiger partial charge >= 0.3 is 0 Å². The summed E-state index contributed by atoms with van der Waals surface area (Å²) in [6, 6.07) is 8.13. The van der Waals surface area contributed by atoms with Crippen LogP contribution in [0.5, 0.6) is 0 Å². The quantitative estimate of drug-likeness (QED) is 0.761. The number of nitrogens with one attached hydrogen (secondary N) is 2. The van der Waals surface area contributed by atoms with Gasteiger partial charge in [-0.15, -0.1) is 0 Å². The number of aromatic nitrogens is 3. The fourth-order valence-electron chi connectivity index (χ4n) is 2.92. The molecule has 2 aromatic heterocycles. The second-order valence-electron chi connectivity index (χ2n) is 5.96. The van der Waals surface area contributed by atoms with Crippen molar-refractivity contribution in [3.8, 4) is 0 Å². The highest BCUT2D eigenvalue weighted by Crippen LogP contribution is 2.20. The number of fused-ring (bicyclic) bond motifs is 1. The van der Waals surface area contributed by atoms with Crippen LogP contribution >= 0.6 is 0 Å². The van der Waals surface area contributed by atoms with Crippen LogP contribution in [-0.2, 0) is 18.3 Å². The van der Waals surface area contributed by atoms with Crippen molar-refractivity contribution in [3.05, 3.63) is 53.5 Å². The molecular formula is C18H22N4O. The van der Waals surface area contributed by atoms with Gasteiger partial charge in [0.15, 0.2) is 0 Å². The zero-order valence-electron chi connectivity index (χ0n) is 13.8. The number of hydrogen-bond donors (Lipinski definition) is 2. The molecule has 0 fully saturated rings. The Balaban J connectivity index is 1.60. The molecule has 23 heavy (non-hydrogen) atoms. The van der Waals surface area contributed by atoms with Gasteiger partial charge in [0.1, 0.15) is 0 Å². The van der Waals surface area contributed by atoms with E-state index in [4.69, 9.17) is 0 Å². The van der Waals surface area contributed by atoms with Gasteiger partial charge in [0.05, 0.1) is 12.2 Å². The van der Waals surface area contributed by atoms with Crippen LogP contribution in [0, 0.1) is 6.92 Å². The van der Waals surface area contributed by atoms with Crippen molar-refractivity contribution in [2.45, 2.75) is 32.7 Å². The van der Waals surface area contributed by atoms with E-state index < -0.39 is 0 Å². The molecule has 3 aromatic rings. The van der Waals surface area contributed by atoms with Crippen molar-refractivity contribution in [2.75, 3.05) is 0 Å². The van der Waals surface area contributed by atoms with E-state index in [0.717, 1.165) is 23.2 Å². The standard InChI is InChI=1S/C18H22N4O/c1-12(16-11-20-22(3)13(16)2)21-18(23)9-8-14-10-19-17-7-5-4-6-15(14)17/h4-7,10-12,19H,8-9H2,1-3H3,(H,21,23)/t12-/m0/s1. The zero-order chi connectivity index (χ0) is 16.4. The molecule has 0 saturated heterocycles. The summed E-state index contributed by atoms with van der Waals surface area (Å²) >= 11 is 0. The molecule has 0 bridgehead atoms. The normalized spacial score (nSPS) is 12.5. The van der Waals surface area contributed by atoms with Crippen LogP contribution in [0.3, 0.4) is 0 Å². The van der Waals surface area contributed by atoms with Gasteiger partial charge in [-0.05, 0) is 31.9 Å². The Morgan fingerprint density at radius 2 is 2.17 bits per heavy atom. The highest BCUT2D eigenvalue weighted by molar-refractivity contribution is 5.84. The van der Waals surface area contributed by atoms with E-state index in [-0.39, 0.29) is 11.9 Å². The smallest absolute Gasteiger partial charge is 0.220 e. The third-order valence-electron chi connectivity index (χ3n) is 4.41. The minimum atomic E-state index is -0.0285. The fraction of sp³-hybridized carbons (Fsp3) is 0.333. The lowest BCUT2D eigenvalue weighted by atomic mass is 10.1. The van der Waals surface area contributed by atoms with Gasteiger partial charge in [-0.1, -0.05) is 18.2 Å². The number of para-hydroxylation sites is 1. The minimum absolute atomic E-state index is 0.0285. The molecule has 2 N–H and O–H groups in total. The summed E-state index contributed by atoms with van der Waals surface area (Å²) in [5.41, 5.74) is 4.44. The van der Waals surface area contributed by atoms with Crippen molar-refractivity contribution in [1.29, 1.82) is 0 Å². The van der Waals surface area contributed by atoms with E-state index in [9.17, 15) is 4.79 Å². The van der Waals surface area contributed by atoms with Crippen LogP contribution < -0.4 is 5.32 Å². The second kappa shape index (κ2) is 6.28. The largest absolute Gasteiger partial charge is 0.361 e. The average Bonchev–Trinajstić information content (AvgIpc) is 3.10. The van der Waals surface area contributed by atoms with E-state index in [1.807, 2.05) is 56.2 Å². The topological polar surface area (TPSA) is 62.7 Å². The summed E-state index contributed by atoms with van der Waals surface area (Å²) in [5.74, 6) is 0.0611. The molecule has 0 spiro atoms. The maximum absolute atomic E-state index is 12.2. The first-order chi connectivity index (χ1) is 11.1. The SMILES string of the molecule is Cc1c([C@H](C)NC(=O)CCc2c[nH]c3ccccc23)cnn1C. The number of carbonyl (C=O) groups is 1. The monoisotopic (exact) mass is 310 g/mol. The molecule has 0 unspecified atom stereocenters. The molecule has 1 aromatic carbocycles. The lowest BCUT2D eigenvalue weighted by molar-refractivity contribution is -0.121. The molecule has 1 atom stereocenters. The van der Waals surface area contributed by atoms with Crippen molar-refractivity contribution >= 4 is 16.8 Å². The van der Waals surface area contributed by atoms with Crippen molar-refractivity contribution in [2.24, 2.45) is 7.05 Å². The molecular weight excluding hydrogens is 288 g/mol. The Labute approximate surface area is 135 Å². The van der Waals surface area contributed by atoms with Gasteiger partial charge in [0.25, 0.3) is 0 Å². The zero-order valence-corrected chi connectivity index (χ0v) is 13.8. The highest BCUT2D eigenvalue weighted by atomic mass is 16.1.